The Morgan fingerprint density at radius 2 is 2.00 bits per heavy atom. The van der Waals surface area contributed by atoms with Crippen LogP contribution in [0.4, 0.5) is 4.39 Å². The van der Waals surface area contributed by atoms with E-state index in [2.05, 4.69) is 13.0 Å². The minimum atomic E-state index is -0.0474. The van der Waals surface area contributed by atoms with Gasteiger partial charge in [0.05, 0.1) is 6.67 Å². The molecular weight excluding hydrogens is 247 g/mol. The smallest absolute Gasteiger partial charge is 0.0953 e. The van der Waals surface area contributed by atoms with Crippen LogP contribution in [-0.2, 0) is 0 Å². The normalized spacial score (nSPS) is 50.9. The lowest BCUT2D eigenvalue weighted by Crippen LogP contribution is -2.49. The molecule has 0 aromatic heterocycles. The van der Waals surface area contributed by atoms with Crippen molar-refractivity contribution in [3.05, 3.63) is 11.6 Å². The maximum atomic E-state index is 13.8. The van der Waals surface area contributed by atoms with Crippen molar-refractivity contribution in [1.82, 2.24) is 0 Å². The molecule has 3 fully saturated rings. The standard InChI is InChI=1S/C19H29F/c1-18-10-3-2-5-14(18)7-8-15-16(18)9-12-19(13-20)11-4-6-17(15)19/h7,15-17H,2-6,8-13H2,1H3/t15-,16+,17+,18+,19+/m1/s1. The lowest BCUT2D eigenvalue weighted by Gasteiger charge is -2.57. The third-order valence-corrected chi connectivity index (χ3v) is 7.81. The molecule has 4 aliphatic carbocycles. The van der Waals surface area contributed by atoms with Crippen LogP contribution in [0.2, 0.25) is 0 Å². The molecular formula is C19H29F. The number of halogens is 1. The SMILES string of the molecule is C[C@]12CCCCC1=CC[C@H]1[C@@H]3CCC[C@@]3(CF)CC[C@@H]12. The zero-order valence-electron chi connectivity index (χ0n) is 13.0. The van der Waals surface area contributed by atoms with Crippen molar-refractivity contribution in [2.24, 2.45) is 28.6 Å². The van der Waals surface area contributed by atoms with E-state index in [1.807, 2.05) is 0 Å². The largest absolute Gasteiger partial charge is 0.250 e. The molecule has 0 bridgehead atoms. The molecule has 20 heavy (non-hydrogen) atoms. The van der Waals surface area contributed by atoms with Crippen molar-refractivity contribution in [2.45, 2.75) is 71.1 Å². The second-order valence-corrected chi connectivity index (χ2v) is 8.39. The molecule has 5 atom stereocenters. The van der Waals surface area contributed by atoms with Crippen molar-refractivity contribution in [1.29, 1.82) is 0 Å². The van der Waals surface area contributed by atoms with E-state index in [4.69, 9.17) is 0 Å². The van der Waals surface area contributed by atoms with Gasteiger partial charge in [-0.3, -0.25) is 4.39 Å². The number of alkyl halides is 1. The Morgan fingerprint density at radius 1 is 1.10 bits per heavy atom. The lowest BCUT2D eigenvalue weighted by atomic mass is 9.48. The summed E-state index contributed by atoms with van der Waals surface area (Å²) in [5, 5.41) is 0. The third-order valence-electron chi connectivity index (χ3n) is 7.81. The molecule has 4 rings (SSSR count). The van der Waals surface area contributed by atoms with E-state index >= 15 is 0 Å². The molecule has 0 aromatic carbocycles. The zero-order valence-corrected chi connectivity index (χ0v) is 13.0. The molecule has 0 radical (unpaired) electrons. The van der Waals surface area contributed by atoms with E-state index in [9.17, 15) is 4.39 Å². The zero-order chi connectivity index (χ0) is 13.8. The number of hydrogen-bond donors (Lipinski definition) is 0. The maximum absolute atomic E-state index is 13.8. The molecule has 0 unspecified atom stereocenters. The monoisotopic (exact) mass is 276 g/mol. The topological polar surface area (TPSA) is 0 Å². The van der Waals surface area contributed by atoms with Crippen LogP contribution in [0.25, 0.3) is 0 Å². The first kappa shape index (κ1) is 13.3. The number of rotatable bonds is 1. The molecule has 0 aromatic rings. The van der Waals surface area contributed by atoms with Crippen LogP contribution < -0.4 is 0 Å². The van der Waals surface area contributed by atoms with Gasteiger partial charge in [0.2, 0.25) is 0 Å². The Bertz CT molecular complexity index is 425. The van der Waals surface area contributed by atoms with E-state index in [-0.39, 0.29) is 12.1 Å². The quantitative estimate of drug-likeness (QED) is 0.541. The van der Waals surface area contributed by atoms with Crippen molar-refractivity contribution in [3.8, 4) is 0 Å². The molecule has 0 saturated heterocycles. The molecule has 4 aliphatic rings. The van der Waals surface area contributed by atoms with E-state index in [0.717, 1.165) is 11.8 Å². The highest BCUT2D eigenvalue weighted by Gasteiger charge is 2.56. The fraction of sp³-hybridized carbons (Fsp3) is 0.895. The van der Waals surface area contributed by atoms with Crippen molar-refractivity contribution in [2.75, 3.05) is 6.67 Å². The molecule has 0 amide bonds. The summed E-state index contributed by atoms with van der Waals surface area (Å²) in [5.41, 5.74) is 2.35. The van der Waals surface area contributed by atoms with Gasteiger partial charge < -0.3 is 0 Å². The average Bonchev–Trinajstić information content (AvgIpc) is 2.91. The third kappa shape index (κ3) is 1.64. The molecule has 0 spiro atoms. The van der Waals surface area contributed by atoms with E-state index in [0.29, 0.717) is 11.3 Å². The second kappa shape index (κ2) is 4.58. The first-order valence-electron chi connectivity index (χ1n) is 8.95. The Hall–Kier alpha value is -0.330. The molecule has 3 saturated carbocycles. The van der Waals surface area contributed by atoms with E-state index in [1.54, 1.807) is 5.57 Å². The van der Waals surface area contributed by atoms with Crippen LogP contribution in [0.3, 0.4) is 0 Å². The Morgan fingerprint density at radius 3 is 2.85 bits per heavy atom. The number of hydrogen-bond acceptors (Lipinski definition) is 0. The fourth-order valence-electron chi connectivity index (χ4n) is 6.72. The van der Waals surface area contributed by atoms with Gasteiger partial charge in [-0.2, -0.15) is 0 Å². The predicted molar refractivity (Wildman–Crippen MR) is 81.2 cm³/mol. The van der Waals surface area contributed by atoms with E-state index in [1.165, 1.54) is 64.2 Å². The predicted octanol–water partition coefficient (Wildman–Crippen LogP) is 5.68. The summed E-state index contributed by atoms with van der Waals surface area (Å²) < 4.78 is 13.8. The molecule has 0 aliphatic heterocycles. The summed E-state index contributed by atoms with van der Waals surface area (Å²) in [7, 11) is 0. The van der Waals surface area contributed by atoms with Crippen LogP contribution >= 0.6 is 0 Å². The Labute approximate surface area is 123 Å². The van der Waals surface area contributed by atoms with Crippen molar-refractivity contribution < 1.29 is 4.39 Å². The van der Waals surface area contributed by atoms with Gasteiger partial charge in [-0.25, -0.2) is 0 Å². The van der Waals surface area contributed by atoms with Crippen LogP contribution in [0, 0.1) is 28.6 Å². The summed E-state index contributed by atoms with van der Waals surface area (Å²) in [4.78, 5) is 0. The molecule has 0 heterocycles. The van der Waals surface area contributed by atoms with Crippen LogP contribution in [0.15, 0.2) is 11.6 Å². The number of fused-ring (bicyclic) bond motifs is 5. The minimum Gasteiger partial charge on any atom is -0.250 e. The fourth-order valence-corrected chi connectivity index (χ4v) is 6.72. The summed E-state index contributed by atoms with van der Waals surface area (Å²) in [6.07, 6.45) is 15.7. The van der Waals surface area contributed by atoms with Gasteiger partial charge in [-0.15, -0.1) is 0 Å². The first-order chi connectivity index (χ1) is 9.70. The van der Waals surface area contributed by atoms with Gasteiger partial charge in [-0.05, 0) is 74.5 Å². The Kier molecular flexibility index (Phi) is 3.06. The minimum absolute atomic E-state index is 0.0474. The highest BCUT2D eigenvalue weighted by molar-refractivity contribution is 5.24. The number of allylic oxidation sites excluding steroid dienone is 2. The molecule has 0 nitrogen and oxygen atoms in total. The van der Waals surface area contributed by atoms with Crippen LogP contribution in [0.1, 0.15) is 71.1 Å². The first-order valence-corrected chi connectivity index (χ1v) is 8.95. The summed E-state index contributed by atoms with van der Waals surface area (Å²) >= 11 is 0. The molecule has 112 valence electrons. The lowest BCUT2D eigenvalue weighted by molar-refractivity contribution is -0.0433. The van der Waals surface area contributed by atoms with Crippen molar-refractivity contribution in [3.63, 3.8) is 0 Å². The highest BCUT2D eigenvalue weighted by Crippen LogP contribution is 2.64. The van der Waals surface area contributed by atoms with Crippen molar-refractivity contribution >= 4 is 0 Å². The summed E-state index contributed by atoms with van der Waals surface area (Å²) in [6, 6.07) is 0. The van der Waals surface area contributed by atoms with Gasteiger partial charge in [0.1, 0.15) is 0 Å². The maximum Gasteiger partial charge on any atom is 0.0953 e. The van der Waals surface area contributed by atoms with E-state index < -0.39 is 0 Å². The van der Waals surface area contributed by atoms with Gasteiger partial charge in [0, 0.05) is 5.41 Å². The van der Waals surface area contributed by atoms with Gasteiger partial charge >= 0.3 is 0 Å². The second-order valence-electron chi connectivity index (χ2n) is 8.39. The summed E-state index contributed by atoms with van der Waals surface area (Å²) in [6.45, 7) is 2.50. The van der Waals surface area contributed by atoms with Crippen LogP contribution in [-0.4, -0.2) is 6.67 Å². The molecule has 0 N–H and O–H groups in total. The van der Waals surface area contributed by atoms with Crippen LogP contribution in [0.5, 0.6) is 0 Å². The highest BCUT2D eigenvalue weighted by atomic mass is 19.1. The van der Waals surface area contributed by atoms with Gasteiger partial charge in [-0.1, -0.05) is 31.4 Å². The average molecular weight is 276 g/mol. The van der Waals surface area contributed by atoms with Gasteiger partial charge in [0.15, 0.2) is 0 Å². The van der Waals surface area contributed by atoms with Gasteiger partial charge in [0.25, 0.3) is 0 Å². The molecule has 1 heteroatoms. The Balaban J connectivity index is 1.69. The summed E-state index contributed by atoms with van der Waals surface area (Å²) in [5.74, 6) is 2.36.